The highest BCUT2D eigenvalue weighted by Crippen LogP contribution is 2.49. The molecule has 0 fully saturated rings. The molecule has 0 bridgehead atoms. The van der Waals surface area contributed by atoms with Crippen molar-refractivity contribution in [3.63, 3.8) is 0 Å². The molecule has 0 aliphatic carbocycles. The van der Waals surface area contributed by atoms with Crippen LogP contribution in [0.1, 0.15) is 10.4 Å². The highest BCUT2D eigenvalue weighted by molar-refractivity contribution is 7.92. The Labute approximate surface area is 157 Å². The van der Waals surface area contributed by atoms with Crippen molar-refractivity contribution in [2.75, 3.05) is 38.6 Å². The van der Waals surface area contributed by atoms with Crippen LogP contribution in [0.4, 0.5) is 5.69 Å². The maximum atomic E-state index is 12.3. The summed E-state index contributed by atoms with van der Waals surface area (Å²) < 4.78 is 45.8. The van der Waals surface area contributed by atoms with Crippen LogP contribution in [0.5, 0.6) is 17.2 Å². The Balaban J connectivity index is 2.17. The summed E-state index contributed by atoms with van der Waals surface area (Å²) in [6.07, 6.45) is 1.12. The van der Waals surface area contributed by atoms with Gasteiger partial charge in [-0.2, -0.15) is 0 Å². The Hall–Kier alpha value is -2.94. The Morgan fingerprint density at radius 2 is 1.81 bits per heavy atom. The van der Waals surface area contributed by atoms with E-state index < -0.39 is 16.0 Å². The molecular formula is C18H19NO7S. The fourth-order valence-electron chi connectivity index (χ4n) is 2.79. The van der Waals surface area contributed by atoms with Crippen LogP contribution in [0.2, 0.25) is 0 Å². The van der Waals surface area contributed by atoms with Crippen LogP contribution in [0.15, 0.2) is 30.3 Å². The summed E-state index contributed by atoms with van der Waals surface area (Å²) in [5.41, 5.74) is 1.85. The first-order chi connectivity index (χ1) is 12.8. The third-order valence-electron chi connectivity index (χ3n) is 4.25. The molecule has 2 aromatic rings. The molecule has 0 N–H and O–H groups in total. The van der Waals surface area contributed by atoms with Gasteiger partial charge in [-0.05, 0) is 23.8 Å². The van der Waals surface area contributed by atoms with Crippen LogP contribution in [0.3, 0.4) is 0 Å². The van der Waals surface area contributed by atoms with Gasteiger partial charge in [0.05, 0.1) is 31.7 Å². The molecule has 1 aliphatic heterocycles. The Kier molecular flexibility index (Phi) is 4.88. The van der Waals surface area contributed by atoms with E-state index in [0.717, 1.165) is 10.6 Å². The molecule has 3 rings (SSSR count). The second-order valence-electron chi connectivity index (χ2n) is 5.84. The van der Waals surface area contributed by atoms with Gasteiger partial charge in [0.2, 0.25) is 22.6 Å². The number of rotatable bonds is 5. The van der Waals surface area contributed by atoms with Gasteiger partial charge in [0, 0.05) is 12.6 Å². The number of benzene rings is 2. The van der Waals surface area contributed by atoms with E-state index in [1.807, 2.05) is 0 Å². The van der Waals surface area contributed by atoms with E-state index >= 15 is 0 Å². The van der Waals surface area contributed by atoms with Gasteiger partial charge in [-0.25, -0.2) is 13.2 Å². The van der Waals surface area contributed by atoms with E-state index in [4.69, 9.17) is 18.9 Å². The van der Waals surface area contributed by atoms with E-state index in [0.29, 0.717) is 34.1 Å². The predicted octanol–water partition coefficient (Wildman–Crippen LogP) is 2.27. The lowest BCUT2D eigenvalue weighted by Gasteiger charge is -2.18. The minimum absolute atomic E-state index is 0.0217. The predicted molar refractivity (Wildman–Crippen MR) is 99.1 cm³/mol. The Morgan fingerprint density at radius 3 is 2.37 bits per heavy atom. The number of carbonyl (C=O) groups excluding carboxylic acids is 1. The average Bonchev–Trinajstić information content (AvgIpc) is 3.13. The van der Waals surface area contributed by atoms with Crippen LogP contribution >= 0.6 is 0 Å². The number of sulfonamides is 1. The standard InChI is InChI=1S/C18H19NO7S/c1-19(27(4,21)22)12-7-5-11(6-8-12)15-13(18(20)24-3)9-14-16(17(15)23-2)26-10-25-14/h5-9H,10H2,1-4H3. The number of hydrogen-bond donors (Lipinski definition) is 0. The van der Waals surface area contributed by atoms with E-state index in [1.165, 1.54) is 21.3 Å². The molecular weight excluding hydrogens is 374 g/mol. The van der Waals surface area contributed by atoms with Gasteiger partial charge in [0.25, 0.3) is 0 Å². The van der Waals surface area contributed by atoms with E-state index in [9.17, 15) is 13.2 Å². The molecule has 0 amide bonds. The van der Waals surface area contributed by atoms with Gasteiger partial charge in [-0.3, -0.25) is 4.31 Å². The topological polar surface area (TPSA) is 91.4 Å². The zero-order valence-corrected chi connectivity index (χ0v) is 16.1. The third kappa shape index (κ3) is 3.37. The molecule has 0 saturated carbocycles. The van der Waals surface area contributed by atoms with E-state index in [2.05, 4.69) is 0 Å². The molecule has 2 aromatic carbocycles. The van der Waals surface area contributed by atoms with E-state index in [-0.39, 0.29) is 12.4 Å². The number of hydrogen-bond acceptors (Lipinski definition) is 7. The molecule has 0 radical (unpaired) electrons. The van der Waals surface area contributed by atoms with Crippen molar-refractivity contribution in [2.24, 2.45) is 0 Å². The minimum atomic E-state index is -3.38. The highest BCUT2D eigenvalue weighted by atomic mass is 32.2. The van der Waals surface area contributed by atoms with Crippen LogP contribution in [-0.4, -0.2) is 48.7 Å². The summed E-state index contributed by atoms with van der Waals surface area (Å²) >= 11 is 0. The molecule has 1 aliphatic rings. The van der Waals surface area contributed by atoms with Gasteiger partial charge < -0.3 is 18.9 Å². The summed E-state index contributed by atoms with van der Waals surface area (Å²) in [6, 6.07) is 8.22. The summed E-state index contributed by atoms with van der Waals surface area (Å²) in [5, 5.41) is 0. The average molecular weight is 393 g/mol. The summed E-state index contributed by atoms with van der Waals surface area (Å²) in [7, 11) is 0.833. The number of nitrogens with zero attached hydrogens (tertiary/aromatic N) is 1. The van der Waals surface area contributed by atoms with Gasteiger partial charge in [0.1, 0.15) is 0 Å². The van der Waals surface area contributed by atoms with Crippen LogP contribution in [0, 0.1) is 0 Å². The SMILES string of the molecule is COC(=O)c1cc2c(c(OC)c1-c1ccc(N(C)S(C)(=O)=O)cc1)OCO2. The van der Waals surface area contributed by atoms with Crippen molar-refractivity contribution in [1.29, 1.82) is 0 Å². The first-order valence-electron chi connectivity index (χ1n) is 7.91. The molecule has 27 heavy (non-hydrogen) atoms. The number of fused-ring (bicyclic) bond motifs is 1. The molecule has 0 spiro atoms. The maximum Gasteiger partial charge on any atom is 0.338 e. The lowest BCUT2D eigenvalue weighted by molar-refractivity contribution is 0.0601. The van der Waals surface area contributed by atoms with Crippen molar-refractivity contribution < 1.29 is 32.2 Å². The van der Waals surface area contributed by atoms with Crippen LogP contribution in [-0.2, 0) is 14.8 Å². The minimum Gasteiger partial charge on any atom is -0.492 e. The number of carbonyl (C=O) groups is 1. The van der Waals surface area contributed by atoms with Crippen molar-refractivity contribution >= 4 is 21.7 Å². The highest BCUT2D eigenvalue weighted by Gasteiger charge is 2.29. The molecule has 0 saturated heterocycles. The lowest BCUT2D eigenvalue weighted by atomic mass is 9.97. The van der Waals surface area contributed by atoms with Crippen molar-refractivity contribution in [3.8, 4) is 28.4 Å². The largest absolute Gasteiger partial charge is 0.492 e. The van der Waals surface area contributed by atoms with E-state index in [1.54, 1.807) is 30.3 Å². The summed E-state index contributed by atoms with van der Waals surface area (Å²) in [4.78, 5) is 12.3. The molecule has 0 atom stereocenters. The van der Waals surface area contributed by atoms with Crippen LogP contribution < -0.4 is 18.5 Å². The number of esters is 1. The third-order valence-corrected chi connectivity index (χ3v) is 5.45. The first kappa shape index (κ1) is 18.8. The quantitative estimate of drug-likeness (QED) is 0.720. The smallest absolute Gasteiger partial charge is 0.338 e. The van der Waals surface area contributed by atoms with Gasteiger partial charge >= 0.3 is 5.97 Å². The van der Waals surface area contributed by atoms with Gasteiger partial charge in [-0.15, -0.1) is 0 Å². The molecule has 9 heteroatoms. The Bertz CT molecular complexity index is 984. The fraction of sp³-hybridized carbons (Fsp3) is 0.278. The second kappa shape index (κ2) is 6.99. The zero-order valence-electron chi connectivity index (χ0n) is 15.3. The summed E-state index contributed by atoms with van der Waals surface area (Å²) in [6.45, 7) is 0.0217. The number of ether oxygens (including phenoxy) is 4. The number of methoxy groups -OCH3 is 2. The zero-order chi connectivity index (χ0) is 19.8. The Morgan fingerprint density at radius 1 is 1.15 bits per heavy atom. The fourth-order valence-corrected chi connectivity index (χ4v) is 3.30. The van der Waals surface area contributed by atoms with Crippen LogP contribution in [0.25, 0.3) is 11.1 Å². The second-order valence-corrected chi connectivity index (χ2v) is 7.85. The molecule has 0 unspecified atom stereocenters. The van der Waals surface area contributed by atoms with Gasteiger partial charge in [-0.1, -0.05) is 12.1 Å². The molecule has 144 valence electrons. The van der Waals surface area contributed by atoms with Crippen molar-refractivity contribution in [3.05, 3.63) is 35.9 Å². The van der Waals surface area contributed by atoms with Crippen molar-refractivity contribution in [2.45, 2.75) is 0 Å². The molecule has 0 aromatic heterocycles. The summed E-state index contributed by atoms with van der Waals surface area (Å²) in [5.74, 6) is 0.579. The molecule has 8 nitrogen and oxygen atoms in total. The number of anilines is 1. The molecule has 1 heterocycles. The first-order valence-corrected chi connectivity index (χ1v) is 9.76. The maximum absolute atomic E-state index is 12.3. The van der Waals surface area contributed by atoms with Crippen molar-refractivity contribution in [1.82, 2.24) is 0 Å². The monoisotopic (exact) mass is 393 g/mol. The van der Waals surface area contributed by atoms with Gasteiger partial charge in [0.15, 0.2) is 11.5 Å². The lowest BCUT2D eigenvalue weighted by Crippen LogP contribution is -2.24. The normalized spacial score (nSPS) is 12.6.